The number of fused-ring (bicyclic) bond motifs is 1. The molecule has 0 bridgehead atoms. The van der Waals surface area contributed by atoms with E-state index in [1.54, 1.807) is 12.5 Å². The van der Waals surface area contributed by atoms with Crippen molar-refractivity contribution >= 4 is 11.8 Å². The predicted molar refractivity (Wildman–Crippen MR) is 107 cm³/mol. The first kappa shape index (κ1) is 19.7. The van der Waals surface area contributed by atoms with E-state index in [1.807, 2.05) is 21.7 Å². The number of carbonyl (C=O) groups is 2. The summed E-state index contributed by atoms with van der Waals surface area (Å²) in [6.07, 6.45) is 6.10. The van der Waals surface area contributed by atoms with Crippen LogP contribution in [0.4, 0.5) is 0 Å². The van der Waals surface area contributed by atoms with E-state index in [4.69, 9.17) is 4.42 Å². The summed E-state index contributed by atoms with van der Waals surface area (Å²) in [7, 11) is 2.08. The maximum Gasteiger partial charge on any atom is 0.257 e. The lowest BCUT2D eigenvalue weighted by atomic mass is 9.94. The van der Waals surface area contributed by atoms with Crippen molar-refractivity contribution in [1.82, 2.24) is 24.9 Å². The quantitative estimate of drug-likeness (QED) is 0.789. The van der Waals surface area contributed by atoms with Gasteiger partial charge in [-0.2, -0.15) is 5.10 Å². The number of amides is 2. The van der Waals surface area contributed by atoms with Crippen LogP contribution in [0.25, 0.3) is 0 Å². The van der Waals surface area contributed by atoms with Crippen molar-refractivity contribution in [3.63, 3.8) is 0 Å². The van der Waals surface area contributed by atoms with Gasteiger partial charge in [0.1, 0.15) is 5.76 Å². The highest BCUT2D eigenvalue weighted by Crippen LogP contribution is 2.24. The summed E-state index contributed by atoms with van der Waals surface area (Å²) in [5, 5.41) is 7.48. The van der Waals surface area contributed by atoms with Crippen molar-refractivity contribution < 1.29 is 14.0 Å². The molecule has 2 amide bonds. The number of hydrogen-bond acceptors (Lipinski definition) is 5. The summed E-state index contributed by atoms with van der Waals surface area (Å²) >= 11 is 0. The van der Waals surface area contributed by atoms with E-state index in [0.717, 1.165) is 62.6 Å². The minimum Gasteiger partial charge on any atom is -0.469 e. The van der Waals surface area contributed by atoms with Gasteiger partial charge in [-0.3, -0.25) is 14.3 Å². The number of hydrogen-bond donors (Lipinski definition) is 1. The molecule has 2 aromatic rings. The van der Waals surface area contributed by atoms with E-state index in [1.165, 1.54) is 0 Å². The molecule has 8 heteroatoms. The van der Waals surface area contributed by atoms with Gasteiger partial charge in [0.05, 0.1) is 23.7 Å². The molecule has 29 heavy (non-hydrogen) atoms. The zero-order chi connectivity index (χ0) is 20.2. The van der Waals surface area contributed by atoms with Gasteiger partial charge in [-0.25, -0.2) is 0 Å². The van der Waals surface area contributed by atoms with E-state index in [9.17, 15) is 9.59 Å². The van der Waals surface area contributed by atoms with Crippen molar-refractivity contribution in [1.29, 1.82) is 0 Å². The van der Waals surface area contributed by atoms with Crippen LogP contribution >= 0.6 is 0 Å². The summed E-state index contributed by atoms with van der Waals surface area (Å²) in [6, 6.07) is 3.72. The van der Waals surface area contributed by atoms with Crippen molar-refractivity contribution in [2.75, 3.05) is 39.8 Å². The normalized spacial score (nSPS) is 19.8. The molecule has 156 valence electrons. The summed E-state index contributed by atoms with van der Waals surface area (Å²) in [4.78, 5) is 29.3. The first-order valence-electron chi connectivity index (χ1n) is 10.4. The Hall–Kier alpha value is -2.61. The monoisotopic (exact) mass is 399 g/mol. The zero-order valence-electron chi connectivity index (χ0n) is 17.0. The number of piperazine rings is 1. The number of nitrogens with zero attached hydrogens (tertiary/aromatic N) is 4. The lowest BCUT2D eigenvalue weighted by Crippen LogP contribution is -2.47. The van der Waals surface area contributed by atoms with Gasteiger partial charge in [0.15, 0.2) is 0 Å². The predicted octanol–water partition coefficient (Wildman–Crippen LogP) is 1.18. The maximum atomic E-state index is 13.0. The van der Waals surface area contributed by atoms with Gasteiger partial charge in [0.2, 0.25) is 5.91 Å². The van der Waals surface area contributed by atoms with Crippen molar-refractivity contribution in [2.24, 2.45) is 5.92 Å². The second kappa shape index (κ2) is 8.82. The molecule has 0 aromatic carbocycles. The molecular formula is C21H29N5O3. The van der Waals surface area contributed by atoms with Gasteiger partial charge in [-0.15, -0.1) is 0 Å². The summed E-state index contributed by atoms with van der Waals surface area (Å²) in [6.45, 7) is 4.75. The number of carbonyl (C=O) groups excluding carboxylic acids is 2. The van der Waals surface area contributed by atoms with Gasteiger partial charge < -0.3 is 19.5 Å². The molecule has 2 aliphatic heterocycles. The molecule has 1 atom stereocenters. The van der Waals surface area contributed by atoms with Crippen molar-refractivity contribution in [2.45, 2.75) is 32.2 Å². The molecule has 4 rings (SSSR count). The van der Waals surface area contributed by atoms with Crippen LogP contribution in [0.2, 0.25) is 0 Å². The van der Waals surface area contributed by atoms with Crippen LogP contribution in [0.15, 0.2) is 29.0 Å². The van der Waals surface area contributed by atoms with Crippen LogP contribution in [0.3, 0.4) is 0 Å². The van der Waals surface area contributed by atoms with Gasteiger partial charge in [-0.1, -0.05) is 0 Å². The second-order valence-corrected chi connectivity index (χ2v) is 8.07. The largest absolute Gasteiger partial charge is 0.469 e. The van der Waals surface area contributed by atoms with Crippen LogP contribution < -0.4 is 5.32 Å². The van der Waals surface area contributed by atoms with E-state index in [0.29, 0.717) is 25.3 Å². The number of rotatable bonds is 6. The van der Waals surface area contributed by atoms with E-state index in [-0.39, 0.29) is 11.8 Å². The minimum absolute atomic E-state index is 0.0363. The van der Waals surface area contributed by atoms with Crippen LogP contribution in [0.5, 0.6) is 0 Å². The van der Waals surface area contributed by atoms with Crippen molar-refractivity contribution in [3.05, 3.63) is 41.6 Å². The Balaban J connectivity index is 1.30. The molecule has 0 saturated carbocycles. The lowest BCUT2D eigenvalue weighted by Gasteiger charge is -2.32. The van der Waals surface area contributed by atoms with Crippen LogP contribution in [0, 0.1) is 5.92 Å². The van der Waals surface area contributed by atoms with Crippen LogP contribution in [-0.2, 0) is 24.2 Å². The summed E-state index contributed by atoms with van der Waals surface area (Å²) in [5.74, 6) is 1.27. The number of nitrogens with one attached hydrogen (secondary N) is 1. The first-order chi connectivity index (χ1) is 14.1. The van der Waals surface area contributed by atoms with Crippen LogP contribution in [-0.4, -0.2) is 71.2 Å². The molecule has 2 aliphatic rings. The fourth-order valence-electron chi connectivity index (χ4n) is 4.07. The number of aryl methyl sites for hydroxylation is 2. The Bertz CT molecular complexity index is 837. The third-order valence-corrected chi connectivity index (χ3v) is 5.97. The Labute approximate surface area is 170 Å². The van der Waals surface area contributed by atoms with Gasteiger partial charge in [0, 0.05) is 52.1 Å². The van der Waals surface area contributed by atoms with Gasteiger partial charge >= 0.3 is 0 Å². The molecule has 0 spiro atoms. The first-order valence-corrected chi connectivity index (χ1v) is 10.4. The molecule has 1 N–H and O–H groups in total. The second-order valence-electron chi connectivity index (χ2n) is 8.07. The third kappa shape index (κ3) is 4.70. The number of likely N-dealkylation sites (N-methyl/N-ethyl adjacent to an activating group) is 1. The molecule has 8 nitrogen and oxygen atoms in total. The van der Waals surface area contributed by atoms with E-state index in [2.05, 4.69) is 22.4 Å². The fraction of sp³-hybridized carbons (Fsp3) is 0.571. The van der Waals surface area contributed by atoms with Gasteiger partial charge in [-0.05, 0) is 37.9 Å². The van der Waals surface area contributed by atoms with Gasteiger partial charge in [0.25, 0.3) is 5.91 Å². The average Bonchev–Trinajstić information content (AvgIpc) is 3.40. The molecule has 1 unspecified atom stereocenters. The maximum absolute atomic E-state index is 13.0. The van der Waals surface area contributed by atoms with Crippen molar-refractivity contribution in [3.8, 4) is 0 Å². The molecule has 2 aromatic heterocycles. The third-order valence-electron chi connectivity index (χ3n) is 5.97. The topological polar surface area (TPSA) is 83.6 Å². The molecule has 0 aliphatic carbocycles. The fourth-order valence-corrected chi connectivity index (χ4v) is 4.07. The highest BCUT2D eigenvalue weighted by Gasteiger charge is 2.29. The average molecular weight is 399 g/mol. The molecule has 4 heterocycles. The lowest BCUT2D eigenvalue weighted by molar-refractivity contribution is -0.121. The SMILES string of the molecule is CN1CCN(C(=O)c2cnn3c2CC(CNC(=O)CCc2ccco2)CC3)CC1. The van der Waals surface area contributed by atoms with E-state index >= 15 is 0 Å². The van der Waals surface area contributed by atoms with Crippen LogP contribution in [0.1, 0.15) is 34.7 Å². The standard InChI is InChI=1S/C21H29N5O3/c1-24-8-10-25(11-9-24)21(28)18-15-23-26-7-6-16(13-19(18)26)14-22-20(27)5-4-17-3-2-12-29-17/h2-3,12,15-16H,4-11,13-14H2,1H3,(H,22,27). The Morgan fingerprint density at radius 3 is 2.83 bits per heavy atom. The smallest absolute Gasteiger partial charge is 0.257 e. The summed E-state index contributed by atoms with van der Waals surface area (Å²) < 4.78 is 7.23. The highest BCUT2D eigenvalue weighted by atomic mass is 16.3. The molecular weight excluding hydrogens is 370 g/mol. The Morgan fingerprint density at radius 1 is 1.24 bits per heavy atom. The highest BCUT2D eigenvalue weighted by molar-refractivity contribution is 5.95. The Kier molecular flexibility index (Phi) is 5.99. The Morgan fingerprint density at radius 2 is 2.07 bits per heavy atom. The molecule has 1 saturated heterocycles. The molecule has 0 radical (unpaired) electrons. The molecule has 1 fully saturated rings. The summed E-state index contributed by atoms with van der Waals surface area (Å²) in [5.41, 5.74) is 1.73. The number of furan rings is 1. The number of aromatic nitrogens is 2. The zero-order valence-corrected chi connectivity index (χ0v) is 17.0. The van der Waals surface area contributed by atoms with E-state index < -0.39 is 0 Å². The minimum atomic E-state index is 0.0363.